The topological polar surface area (TPSA) is 92.0 Å². The highest BCUT2D eigenvalue weighted by molar-refractivity contribution is 5.94. The lowest BCUT2D eigenvalue weighted by Crippen LogP contribution is -2.33. The smallest absolute Gasteiger partial charge is 0.251 e. The van der Waals surface area contributed by atoms with Crippen molar-refractivity contribution in [2.24, 2.45) is 11.7 Å². The fraction of sp³-hybridized carbons (Fsp3) is 0.409. The maximum atomic E-state index is 12.5. The van der Waals surface area contributed by atoms with Crippen molar-refractivity contribution in [3.8, 4) is 23.0 Å². The molecular weight excluding hydrogens is 372 g/mol. The molecule has 0 radical (unpaired) electrons. The first-order chi connectivity index (χ1) is 14.1. The van der Waals surface area contributed by atoms with E-state index in [9.17, 15) is 4.79 Å². The number of nitrogens with one attached hydrogen (secondary N) is 1. The van der Waals surface area contributed by atoms with Gasteiger partial charge < -0.3 is 30.0 Å². The highest BCUT2D eigenvalue weighted by atomic mass is 16.5. The van der Waals surface area contributed by atoms with Crippen molar-refractivity contribution < 1.29 is 23.7 Å². The molecule has 1 heterocycles. The monoisotopic (exact) mass is 400 g/mol. The maximum absolute atomic E-state index is 12.5. The average Bonchev–Trinajstić information content (AvgIpc) is 2.78. The highest BCUT2D eigenvalue weighted by Gasteiger charge is 2.17. The first kappa shape index (κ1) is 21.0. The van der Waals surface area contributed by atoms with Crippen LogP contribution in [0, 0.1) is 5.92 Å². The Morgan fingerprint density at radius 2 is 1.83 bits per heavy atom. The van der Waals surface area contributed by atoms with E-state index >= 15 is 0 Å². The lowest BCUT2D eigenvalue weighted by atomic mass is 10.0. The van der Waals surface area contributed by atoms with Crippen LogP contribution in [0.25, 0.3) is 0 Å². The molecule has 1 aliphatic rings. The van der Waals surface area contributed by atoms with E-state index in [1.165, 1.54) is 7.11 Å². The van der Waals surface area contributed by atoms with Crippen LogP contribution in [-0.4, -0.2) is 39.9 Å². The molecule has 0 spiro atoms. The van der Waals surface area contributed by atoms with E-state index in [1.54, 1.807) is 31.4 Å². The summed E-state index contributed by atoms with van der Waals surface area (Å²) in [4.78, 5) is 12.5. The second kappa shape index (κ2) is 10.1. The number of hydrogen-bond donors (Lipinski definition) is 2. The molecule has 1 unspecified atom stereocenters. The average molecular weight is 400 g/mol. The Morgan fingerprint density at radius 3 is 2.48 bits per heavy atom. The Balaban J connectivity index is 1.70. The van der Waals surface area contributed by atoms with Gasteiger partial charge in [-0.25, -0.2) is 0 Å². The number of amides is 1. The standard InChI is InChI=1S/C22H28N2O5/c1-26-20-10-15(12-23)5-7-18(20)29-19-8-6-17(11-21(19)27-2)22(25)24-13-16-4-3-9-28-14-16/h5-8,10-11,16H,3-4,9,12-14,23H2,1-2H3,(H,24,25). The fourth-order valence-electron chi connectivity index (χ4n) is 3.24. The summed E-state index contributed by atoms with van der Waals surface area (Å²) in [7, 11) is 3.11. The third-order valence-electron chi connectivity index (χ3n) is 4.92. The lowest BCUT2D eigenvalue weighted by Gasteiger charge is -2.22. The number of hydrogen-bond acceptors (Lipinski definition) is 6. The molecule has 0 saturated carbocycles. The molecule has 0 bridgehead atoms. The second-order valence-electron chi connectivity index (χ2n) is 6.95. The minimum atomic E-state index is -0.148. The van der Waals surface area contributed by atoms with Gasteiger partial charge in [-0.2, -0.15) is 0 Å². The van der Waals surface area contributed by atoms with Crippen molar-refractivity contribution in [3.05, 3.63) is 47.5 Å². The zero-order valence-corrected chi connectivity index (χ0v) is 16.9. The van der Waals surface area contributed by atoms with Gasteiger partial charge >= 0.3 is 0 Å². The third-order valence-corrected chi connectivity index (χ3v) is 4.92. The predicted octanol–water partition coefficient (Wildman–Crippen LogP) is 3.11. The molecular formula is C22H28N2O5. The van der Waals surface area contributed by atoms with E-state index in [0.29, 0.717) is 54.2 Å². The van der Waals surface area contributed by atoms with E-state index in [-0.39, 0.29) is 5.91 Å². The second-order valence-corrected chi connectivity index (χ2v) is 6.95. The van der Waals surface area contributed by atoms with Gasteiger partial charge in [0.1, 0.15) is 0 Å². The summed E-state index contributed by atoms with van der Waals surface area (Å²) < 4.78 is 22.3. The van der Waals surface area contributed by atoms with Gasteiger partial charge in [0.2, 0.25) is 0 Å². The summed E-state index contributed by atoms with van der Waals surface area (Å²) in [6, 6.07) is 10.6. The molecule has 2 aromatic carbocycles. The summed E-state index contributed by atoms with van der Waals surface area (Å²) in [5.74, 6) is 2.28. The molecule has 1 atom stereocenters. The Bertz CT molecular complexity index is 834. The molecule has 0 aliphatic carbocycles. The number of nitrogens with two attached hydrogens (primary N) is 1. The molecule has 0 aromatic heterocycles. The van der Waals surface area contributed by atoms with Crippen molar-refractivity contribution in [2.75, 3.05) is 34.0 Å². The van der Waals surface area contributed by atoms with Gasteiger partial charge in [-0.1, -0.05) is 6.07 Å². The third kappa shape index (κ3) is 5.40. The molecule has 1 amide bonds. The number of benzene rings is 2. The molecule has 29 heavy (non-hydrogen) atoms. The van der Waals surface area contributed by atoms with Crippen molar-refractivity contribution in [3.63, 3.8) is 0 Å². The fourth-order valence-corrected chi connectivity index (χ4v) is 3.24. The largest absolute Gasteiger partial charge is 0.493 e. The normalized spacial score (nSPS) is 16.2. The van der Waals surface area contributed by atoms with E-state index < -0.39 is 0 Å². The number of carbonyl (C=O) groups is 1. The Labute approximate surface area is 171 Å². The van der Waals surface area contributed by atoms with E-state index in [4.69, 9.17) is 24.7 Å². The lowest BCUT2D eigenvalue weighted by molar-refractivity contribution is 0.0536. The van der Waals surface area contributed by atoms with Crippen LogP contribution in [0.3, 0.4) is 0 Å². The Hall–Kier alpha value is -2.77. The highest BCUT2D eigenvalue weighted by Crippen LogP contribution is 2.37. The van der Waals surface area contributed by atoms with Crippen molar-refractivity contribution in [2.45, 2.75) is 19.4 Å². The Kier molecular flexibility index (Phi) is 7.32. The first-order valence-corrected chi connectivity index (χ1v) is 9.73. The first-order valence-electron chi connectivity index (χ1n) is 9.73. The summed E-state index contributed by atoms with van der Waals surface area (Å²) in [5, 5.41) is 2.97. The predicted molar refractivity (Wildman–Crippen MR) is 110 cm³/mol. The van der Waals surface area contributed by atoms with Gasteiger partial charge in [-0.05, 0) is 54.7 Å². The van der Waals surface area contributed by atoms with E-state index in [0.717, 1.165) is 25.0 Å². The summed E-state index contributed by atoms with van der Waals surface area (Å²) in [6.45, 7) is 2.52. The van der Waals surface area contributed by atoms with Crippen molar-refractivity contribution in [1.82, 2.24) is 5.32 Å². The summed E-state index contributed by atoms with van der Waals surface area (Å²) in [6.07, 6.45) is 2.11. The quantitative estimate of drug-likeness (QED) is 0.707. The molecule has 2 aromatic rings. The summed E-state index contributed by atoms with van der Waals surface area (Å²) >= 11 is 0. The Morgan fingerprint density at radius 1 is 1.10 bits per heavy atom. The number of carbonyl (C=O) groups excluding carboxylic acids is 1. The van der Waals surface area contributed by atoms with Gasteiger partial charge in [0.15, 0.2) is 23.0 Å². The van der Waals surface area contributed by atoms with Crippen LogP contribution >= 0.6 is 0 Å². The van der Waals surface area contributed by atoms with Crippen LogP contribution in [0.15, 0.2) is 36.4 Å². The molecule has 3 N–H and O–H groups in total. The van der Waals surface area contributed by atoms with Gasteiger partial charge in [0.05, 0.1) is 20.8 Å². The van der Waals surface area contributed by atoms with Gasteiger partial charge in [-0.15, -0.1) is 0 Å². The molecule has 7 heteroatoms. The van der Waals surface area contributed by atoms with Gasteiger partial charge in [0, 0.05) is 25.3 Å². The van der Waals surface area contributed by atoms with E-state index in [1.807, 2.05) is 12.1 Å². The zero-order chi connectivity index (χ0) is 20.6. The van der Waals surface area contributed by atoms with Crippen molar-refractivity contribution in [1.29, 1.82) is 0 Å². The number of methoxy groups -OCH3 is 2. The van der Waals surface area contributed by atoms with Crippen LogP contribution < -0.4 is 25.3 Å². The van der Waals surface area contributed by atoms with Crippen molar-refractivity contribution >= 4 is 5.91 Å². The molecule has 156 valence electrons. The van der Waals surface area contributed by atoms with Crippen LogP contribution in [0.5, 0.6) is 23.0 Å². The number of ether oxygens (including phenoxy) is 4. The van der Waals surface area contributed by atoms with Crippen LogP contribution in [-0.2, 0) is 11.3 Å². The van der Waals surface area contributed by atoms with Crippen LogP contribution in [0.4, 0.5) is 0 Å². The SMILES string of the molecule is COc1cc(CN)ccc1Oc1ccc(C(=O)NCC2CCCOC2)cc1OC. The minimum absolute atomic E-state index is 0.148. The van der Waals surface area contributed by atoms with Crippen LogP contribution in [0.1, 0.15) is 28.8 Å². The number of rotatable bonds is 8. The van der Waals surface area contributed by atoms with E-state index in [2.05, 4.69) is 5.32 Å². The maximum Gasteiger partial charge on any atom is 0.251 e. The zero-order valence-electron chi connectivity index (χ0n) is 16.9. The molecule has 1 fully saturated rings. The minimum Gasteiger partial charge on any atom is -0.493 e. The summed E-state index contributed by atoms with van der Waals surface area (Å²) in [5.41, 5.74) is 7.13. The molecule has 3 rings (SSSR count). The van der Waals surface area contributed by atoms with Gasteiger partial charge in [-0.3, -0.25) is 4.79 Å². The van der Waals surface area contributed by atoms with Crippen LogP contribution in [0.2, 0.25) is 0 Å². The molecule has 7 nitrogen and oxygen atoms in total. The van der Waals surface area contributed by atoms with Gasteiger partial charge in [0.25, 0.3) is 5.91 Å². The molecule has 1 aliphatic heterocycles. The molecule has 1 saturated heterocycles.